The van der Waals surface area contributed by atoms with Gasteiger partial charge in [-0.25, -0.2) is 4.79 Å². The van der Waals surface area contributed by atoms with Crippen molar-refractivity contribution in [1.29, 1.82) is 0 Å². The van der Waals surface area contributed by atoms with Crippen molar-refractivity contribution in [2.45, 2.75) is 39.0 Å². The van der Waals surface area contributed by atoms with Crippen molar-refractivity contribution in [2.75, 3.05) is 13.1 Å². The van der Waals surface area contributed by atoms with E-state index in [1.807, 2.05) is 0 Å². The first-order valence-corrected chi connectivity index (χ1v) is 5.99. The molecule has 1 saturated heterocycles. The highest BCUT2D eigenvalue weighted by Gasteiger charge is 2.30. The number of hydrogen-bond donors (Lipinski definition) is 1. The van der Waals surface area contributed by atoms with E-state index in [2.05, 4.69) is 19.2 Å². The highest BCUT2D eigenvalue weighted by molar-refractivity contribution is 6.31. The zero-order valence-corrected chi connectivity index (χ0v) is 10.8. The standard InChI is InChI=1S/C11H19ClN2O2/c1-8(12)9(15)13-10(16)14-6-4-5-11(2,3)7-14/h8H,4-7H2,1-3H3,(H,13,15,16). The Hall–Kier alpha value is -0.770. The molecular formula is C11H19ClN2O2. The van der Waals surface area contributed by atoms with Crippen molar-refractivity contribution in [3.05, 3.63) is 0 Å². The molecule has 0 aromatic rings. The van der Waals surface area contributed by atoms with Gasteiger partial charge in [0.25, 0.3) is 0 Å². The molecule has 3 amide bonds. The summed E-state index contributed by atoms with van der Waals surface area (Å²) in [5.74, 6) is -0.435. The number of rotatable bonds is 1. The third-order valence-corrected chi connectivity index (χ3v) is 2.98. The van der Waals surface area contributed by atoms with Crippen LogP contribution in [-0.4, -0.2) is 35.3 Å². The van der Waals surface area contributed by atoms with Crippen LogP contribution < -0.4 is 5.32 Å². The Bertz CT molecular complexity index is 290. The van der Waals surface area contributed by atoms with E-state index in [0.717, 1.165) is 12.8 Å². The lowest BCUT2D eigenvalue weighted by molar-refractivity contribution is -0.119. The molecule has 1 rings (SSSR count). The summed E-state index contributed by atoms with van der Waals surface area (Å²) in [4.78, 5) is 24.7. The van der Waals surface area contributed by atoms with Crippen LogP contribution in [-0.2, 0) is 4.79 Å². The summed E-state index contributed by atoms with van der Waals surface area (Å²) >= 11 is 5.58. The topological polar surface area (TPSA) is 49.4 Å². The molecule has 1 fully saturated rings. The number of urea groups is 1. The van der Waals surface area contributed by atoms with Gasteiger partial charge < -0.3 is 4.90 Å². The van der Waals surface area contributed by atoms with Crippen molar-refractivity contribution in [3.63, 3.8) is 0 Å². The monoisotopic (exact) mass is 246 g/mol. The average Bonchev–Trinajstić information content (AvgIpc) is 2.15. The molecule has 0 radical (unpaired) electrons. The van der Waals surface area contributed by atoms with E-state index in [1.165, 1.54) is 0 Å². The van der Waals surface area contributed by atoms with Crippen LogP contribution in [0.15, 0.2) is 0 Å². The van der Waals surface area contributed by atoms with Gasteiger partial charge in [0, 0.05) is 13.1 Å². The van der Waals surface area contributed by atoms with Crippen LogP contribution in [0.25, 0.3) is 0 Å². The number of nitrogens with one attached hydrogen (secondary N) is 1. The molecule has 0 aromatic carbocycles. The quantitative estimate of drug-likeness (QED) is 0.720. The van der Waals surface area contributed by atoms with E-state index in [-0.39, 0.29) is 11.4 Å². The highest BCUT2D eigenvalue weighted by Crippen LogP contribution is 2.28. The first-order valence-electron chi connectivity index (χ1n) is 5.56. The van der Waals surface area contributed by atoms with Crippen LogP contribution in [0.1, 0.15) is 33.6 Å². The smallest absolute Gasteiger partial charge is 0.324 e. The number of alkyl halides is 1. The number of carbonyl (C=O) groups is 2. The molecule has 1 aliphatic heterocycles. The van der Waals surface area contributed by atoms with Gasteiger partial charge in [-0.3, -0.25) is 10.1 Å². The van der Waals surface area contributed by atoms with E-state index >= 15 is 0 Å². The minimum absolute atomic E-state index is 0.130. The summed E-state index contributed by atoms with van der Waals surface area (Å²) in [6.07, 6.45) is 2.08. The van der Waals surface area contributed by atoms with Gasteiger partial charge in [0.05, 0.1) is 0 Å². The van der Waals surface area contributed by atoms with Crippen LogP contribution in [0, 0.1) is 5.41 Å². The van der Waals surface area contributed by atoms with E-state index in [4.69, 9.17) is 11.6 Å². The van der Waals surface area contributed by atoms with Crippen LogP contribution in [0.2, 0.25) is 0 Å². The number of carbonyl (C=O) groups excluding carboxylic acids is 2. The van der Waals surface area contributed by atoms with Gasteiger partial charge in [0.2, 0.25) is 5.91 Å². The number of piperidine rings is 1. The van der Waals surface area contributed by atoms with Gasteiger partial charge >= 0.3 is 6.03 Å². The maximum Gasteiger partial charge on any atom is 0.324 e. The Morgan fingerprint density at radius 2 is 2.06 bits per heavy atom. The molecule has 16 heavy (non-hydrogen) atoms. The third-order valence-electron chi connectivity index (χ3n) is 2.78. The Morgan fingerprint density at radius 3 is 2.56 bits per heavy atom. The van der Waals surface area contributed by atoms with Gasteiger partial charge in [0.1, 0.15) is 5.38 Å². The fourth-order valence-electron chi connectivity index (χ4n) is 1.88. The number of hydrogen-bond acceptors (Lipinski definition) is 2. The summed E-state index contributed by atoms with van der Waals surface area (Å²) in [6.45, 7) is 7.18. The fourth-order valence-corrected chi connectivity index (χ4v) is 1.94. The SMILES string of the molecule is CC(Cl)C(=O)NC(=O)N1CCCC(C)(C)C1. The summed E-state index contributed by atoms with van der Waals surface area (Å²) in [5.41, 5.74) is 0.130. The molecule has 1 unspecified atom stereocenters. The van der Waals surface area contributed by atoms with E-state index < -0.39 is 11.3 Å². The molecule has 0 aliphatic carbocycles. The molecule has 1 atom stereocenters. The van der Waals surface area contributed by atoms with Crippen molar-refractivity contribution >= 4 is 23.5 Å². The number of nitrogens with zero attached hydrogens (tertiary/aromatic N) is 1. The second-order valence-electron chi connectivity index (χ2n) is 5.10. The zero-order valence-electron chi connectivity index (χ0n) is 10.0. The maximum absolute atomic E-state index is 11.7. The maximum atomic E-state index is 11.7. The first-order chi connectivity index (χ1) is 7.32. The Balaban J connectivity index is 2.51. The Morgan fingerprint density at radius 1 is 1.44 bits per heavy atom. The van der Waals surface area contributed by atoms with E-state index in [1.54, 1.807) is 11.8 Å². The summed E-state index contributed by atoms with van der Waals surface area (Å²) in [5, 5.41) is 1.62. The van der Waals surface area contributed by atoms with Crippen LogP contribution in [0.4, 0.5) is 4.79 Å². The third kappa shape index (κ3) is 3.67. The summed E-state index contributed by atoms with van der Waals surface area (Å²) in [7, 11) is 0. The second kappa shape index (κ2) is 5.04. The Kier molecular flexibility index (Phi) is 4.19. The van der Waals surface area contributed by atoms with Gasteiger partial charge in [-0.1, -0.05) is 13.8 Å². The fraction of sp³-hybridized carbons (Fsp3) is 0.818. The van der Waals surface area contributed by atoms with E-state index in [9.17, 15) is 9.59 Å². The molecule has 1 heterocycles. The number of imide groups is 1. The summed E-state index contributed by atoms with van der Waals surface area (Å²) < 4.78 is 0. The molecule has 0 aromatic heterocycles. The normalized spacial score (nSPS) is 21.4. The zero-order chi connectivity index (χ0) is 12.3. The predicted molar refractivity (Wildman–Crippen MR) is 63.4 cm³/mol. The number of likely N-dealkylation sites (tertiary alicyclic amines) is 1. The van der Waals surface area contributed by atoms with Gasteiger partial charge in [-0.2, -0.15) is 0 Å². The second-order valence-corrected chi connectivity index (χ2v) is 5.75. The lowest BCUT2D eigenvalue weighted by atomic mass is 9.84. The molecule has 4 nitrogen and oxygen atoms in total. The molecular weight excluding hydrogens is 228 g/mol. The van der Waals surface area contributed by atoms with Crippen LogP contribution >= 0.6 is 11.6 Å². The van der Waals surface area contributed by atoms with Crippen molar-refractivity contribution < 1.29 is 9.59 Å². The summed E-state index contributed by atoms with van der Waals surface area (Å²) in [6, 6.07) is -0.328. The average molecular weight is 247 g/mol. The lowest BCUT2D eigenvalue weighted by Gasteiger charge is -2.37. The Labute approximate surface area is 101 Å². The molecule has 1 aliphatic rings. The largest absolute Gasteiger partial charge is 0.324 e. The molecule has 0 spiro atoms. The lowest BCUT2D eigenvalue weighted by Crippen LogP contribution is -2.50. The highest BCUT2D eigenvalue weighted by atomic mass is 35.5. The molecule has 5 heteroatoms. The van der Waals surface area contributed by atoms with Crippen LogP contribution in [0.3, 0.4) is 0 Å². The predicted octanol–water partition coefficient (Wildman–Crippen LogP) is 1.97. The van der Waals surface area contributed by atoms with Gasteiger partial charge in [-0.05, 0) is 25.2 Å². The van der Waals surface area contributed by atoms with Crippen molar-refractivity contribution in [1.82, 2.24) is 10.2 Å². The number of amides is 3. The molecule has 0 saturated carbocycles. The van der Waals surface area contributed by atoms with Gasteiger partial charge in [-0.15, -0.1) is 11.6 Å². The molecule has 1 N–H and O–H groups in total. The van der Waals surface area contributed by atoms with Crippen molar-refractivity contribution in [3.8, 4) is 0 Å². The molecule has 0 bridgehead atoms. The first kappa shape index (κ1) is 13.3. The molecule has 92 valence electrons. The minimum atomic E-state index is -0.679. The van der Waals surface area contributed by atoms with Gasteiger partial charge in [0.15, 0.2) is 0 Å². The number of halogens is 1. The minimum Gasteiger partial charge on any atom is -0.324 e. The van der Waals surface area contributed by atoms with Crippen molar-refractivity contribution in [2.24, 2.45) is 5.41 Å². The van der Waals surface area contributed by atoms with Crippen LogP contribution in [0.5, 0.6) is 0 Å². The van der Waals surface area contributed by atoms with E-state index in [0.29, 0.717) is 13.1 Å².